The number of carbonyl (C=O) groups is 1. The van der Waals surface area contributed by atoms with Crippen molar-refractivity contribution in [2.45, 2.75) is 136 Å². The van der Waals surface area contributed by atoms with Gasteiger partial charge in [-0.25, -0.2) is 4.39 Å². The van der Waals surface area contributed by atoms with E-state index in [2.05, 4.69) is 40.9 Å². The molecule has 3 aliphatic rings. The molecule has 0 radical (unpaired) electrons. The van der Waals surface area contributed by atoms with Gasteiger partial charge < -0.3 is 19.3 Å². The summed E-state index contributed by atoms with van der Waals surface area (Å²) in [5, 5.41) is 11.5. The lowest BCUT2D eigenvalue weighted by molar-refractivity contribution is -0.157. The van der Waals surface area contributed by atoms with Gasteiger partial charge in [0.05, 0.1) is 23.0 Å². The van der Waals surface area contributed by atoms with Gasteiger partial charge in [-0.3, -0.25) is 9.78 Å². The van der Waals surface area contributed by atoms with Gasteiger partial charge in [-0.15, -0.1) is 0 Å². The zero-order valence-corrected chi connectivity index (χ0v) is 31.0. The Kier molecular flexibility index (Phi) is 12.9. The van der Waals surface area contributed by atoms with Crippen molar-refractivity contribution in [3.05, 3.63) is 63.2 Å². The number of hydrogen-bond acceptors (Lipinski definition) is 7. The molecule has 1 aliphatic carbocycles. The number of alkyl halides is 3. The Morgan fingerprint density at radius 2 is 1.69 bits per heavy atom. The summed E-state index contributed by atoms with van der Waals surface area (Å²) in [7, 11) is 0. The van der Waals surface area contributed by atoms with E-state index in [-0.39, 0.29) is 11.5 Å². The van der Waals surface area contributed by atoms with Crippen LogP contribution in [0.5, 0.6) is 0 Å². The predicted octanol–water partition coefficient (Wildman–Crippen LogP) is 10.1. The number of benzene rings is 1. The van der Waals surface area contributed by atoms with E-state index < -0.39 is 52.9 Å². The number of pyridine rings is 1. The van der Waals surface area contributed by atoms with Crippen LogP contribution in [-0.4, -0.2) is 40.3 Å². The molecule has 1 aromatic heterocycles. The highest BCUT2D eigenvalue weighted by Crippen LogP contribution is 2.60. The van der Waals surface area contributed by atoms with Gasteiger partial charge in [0.15, 0.2) is 0 Å². The first-order chi connectivity index (χ1) is 22.1. The maximum Gasteiger partial charge on any atom is 0.419 e. The van der Waals surface area contributed by atoms with Crippen LogP contribution in [0.3, 0.4) is 0 Å². The van der Waals surface area contributed by atoms with Crippen LogP contribution in [0.4, 0.5) is 17.6 Å². The van der Waals surface area contributed by atoms with E-state index in [0.29, 0.717) is 65.3 Å². The molecule has 1 saturated heterocycles. The van der Waals surface area contributed by atoms with Crippen LogP contribution in [-0.2, 0) is 30.8 Å². The van der Waals surface area contributed by atoms with Gasteiger partial charge in [-0.05, 0) is 41.9 Å². The molecular weight excluding hydrogens is 646 g/mol. The zero-order chi connectivity index (χ0) is 36.4. The van der Waals surface area contributed by atoms with E-state index >= 15 is 0 Å². The number of hydrogen-bond donors (Lipinski definition) is 1. The number of aromatic nitrogens is 1. The number of thioether (sulfide) groups is 1. The van der Waals surface area contributed by atoms with Gasteiger partial charge in [0, 0.05) is 60.0 Å². The molecule has 270 valence electrons. The Labute approximate surface area is 287 Å². The summed E-state index contributed by atoms with van der Waals surface area (Å²) >= 11 is 1.88. The van der Waals surface area contributed by atoms with Crippen LogP contribution in [0, 0.1) is 11.2 Å². The molecule has 0 bridgehead atoms. The lowest BCUT2D eigenvalue weighted by atomic mass is 9.68. The quantitative estimate of drug-likeness (QED) is 0.252. The largest absolute Gasteiger partial charge is 0.455 e. The number of esters is 1. The Morgan fingerprint density at radius 1 is 1.12 bits per heavy atom. The Balaban J connectivity index is 0.000000618. The Bertz CT molecular complexity index is 1430. The number of carbonyl (C=O) groups excluding carboxylic acids is 1. The van der Waals surface area contributed by atoms with Gasteiger partial charge in [-0.1, -0.05) is 74.8 Å². The second-order valence-electron chi connectivity index (χ2n) is 14.8. The van der Waals surface area contributed by atoms with Crippen molar-refractivity contribution in [3.8, 4) is 0 Å². The highest BCUT2D eigenvalue weighted by Gasteiger charge is 2.54. The normalized spacial score (nSPS) is 22.6. The van der Waals surface area contributed by atoms with Crippen LogP contribution in [0.15, 0.2) is 18.2 Å². The van der Waals surface area contributed by atoms with Crippen molar-refractivity contribution < 1.29 is 41.7 Å². The third kappa shape index (κ3) is 8.74. The molecule has 48 heavy (non-hydrogen) atoms. The molecule has 2 aliphatic heterocycles. The van der Waals surface area contributed by atoms with Crippen LogP contribution >= 0.6 is 11.8 Å². The van der Waals surface area contributed by atoms with Crippen molar-refractivity contribution >= 4 is 17.7 Å². The number of halogens is 4. The molecule has 0 unspecified atom stereocenters. The molecule has 6 nitrogen and oxygen atoms in total. The molecular formula is C37H53F4NO5S. The molecule has 11 heteroatoms. The first-order valence-electron chi connectivity index (χ1n) is 16.7. The second kappa shape index (κ2) is 15.4. The van der Waals surface area contributed by atoms with Gasteiger partial charge in [0.2, 0.25) is 0 Å². The summed E-state index contributed by atoms with van der Waals surface area (Å²) in [5.74, 6) is -2.02. The first kappa shape index (κ1) is 40.2. The maximum atomic E-state index is 14.8. The van der Waals surface area contributed by atoms with Crippen molar-refractivity contribution in [2.24, 2.45) is 5.41 Å². The number of nitrogens with zero attached hydrogens (tertiary/aromatic N) is 1. The standard InChI is InChI=1S/C29H33F4NO5.C5H12S.C3H8/c1-14(2)23-21-22(20-19(36)13-27(4,5)26(24(20)34-23)38-15(3)35)28(8-10-37-11-9-28)39-25(21)16-6-7-17(18(30)12-16)29(31,32)33;1-5(2,3)6-4;1-3-2/h6-7,12,14,19,25-26,36H,8-11,13H2,1-5H3;1-4H3;3H2,1-2H3/t19-,25+,26+;;/m0../s1. The fourth-order valence-electron chi connectivity index (χ4n) is 6.42. The van der Waals surface area contributed by atoms with Gasteiger partial charge in [0.25, 0.3) is 0 Å². The molecule has 1 fully saturated rings. The topological polar surface area (TPSA) is 77.9 Å². The number of aliphatic hydroxyl groups excluding tert-OH is 1. The molecule has 1 spiro atoms. The summed E-state index contributed by atoms with van der Waals surface area (Å²) in [5.41, 5.74) is 0.274. The average molecular weight is 700 g/mol. The van der Waals surface area contributed by atoms with Crippen molar-refractivity contribution in [1.29, 1.82) is 0 Å². The highest BCUT2D eigenvalue weighted by molar-refractivity contribution is 7.99. The minimum absolute atomic E-state index is 0.162. The lowest BCUT2D eigenvalue weighted by Gasteiger charge is -2.43. The highest BCUT2D eigenvalue weighted by atomic mass is 32.2. The minimum Gasteiger partial charge on any atom is -0.455 e. The van der Waals surface area contributed by atoms with Crippen LogP contribution < -0.4 is 0 Å². The van der Waals surface area contributed by atoms with Crippen LogP contribution in [0.1, 0.15) is 158 Å². The Morgan fingerprint density at radius 3 is 2.15 bits per heavy atom. The fourth-order valence-corrected chi connectivity index (χ4v) is 6.42. The number of ether oxygens (including phenoxy) is 3. The summed E-state index contributed by atoms with van der Waals surface area (Å²) < 4.78 is 73.3. The third-order valence-corrected chi connectivity index (χ3v) is 9.97. The van der Waals surface area contributed by atoms with E-state index in [9.17, 15) is 27.5 Å². The Hall–Kier alpha value is -2.21. The van der Waals surface area contributed by atoms with Crippen molar-refractivity contribution in [2.75, 3.05) is 19.5 Å². The summed E-state index contributed by atoms with van der Waals surface area (Å²) in [4.78, 5) is 17.1. The zero-order valence-electron chi connectivity index (χ0n) is 30.2. The van der Waals surface area contributed by atoms with E-state index in [1.165, 1.54) is 19.4 Å². The van der Waals surface area contributed by atoms with E-state index in [1.807, 2.05) is 39.5 Å². The molecule has 1 N–H and O–H groups in total. The lowest BCUT2D eigenvalue weighted by Crippen LogP contribution is -2.39. The molecule has 1 aromatic carbocycles. The van der Waals surface area contributed by atoms with E-state index in [4.69, 9.17) is 19.2 Å². The average Bonchev–Trinajstić information content (AvgIpc) is 3.28. The molecule has 0 saturated carbocycles. The molecule has 2 aromatic rings. The van der Waals surface area contributed by atoms with Gasteiger partial charge >= 0.3 is 12.1 Å². The van der Waals surface area contributed by atoms with Crippen LogP contribution in [0.2, 0.25) is 0 Å². The molecule has 3 atom stereocenters. The van der Waals surface area contributed by atoms with Crippen LogP contribution in [0.25, 0.3) is 0 Å². The monoisotopic (exact) mass is 699 g/mol. The number of rotatable bonds is 3. The summed E-state index contributed by atoms with van der Waals surface area (Å²) in [6.07, 6.45) is -2.88. The smallest absolute Gasteiger partial charge is 0.419 e. The molecule has 3 heterocycles. The minimum atomic E-state index is -4.83. The SMILES string of the molecule is CC(=O)O[C@@H]1c2nc(C(C)C)c3c(c2[C@@H](O)CC1(C)C)C1(CCOCC1)O[C@@H]3c1ccc(C(F)(F)F)c(F)c1.CCC.CSC(C)(C)C. The number of fused-ring (bicyclic) bond motifs is 4. The fraction of sp³-hybridized carbons (Fsp3) is 0.676. The number of aliphatic hydroxyl groups is 1. The predicted molar refractivity (Wildman–Crippen MR) is 181 cm³/mol. The summed E-state index contributed by atoms with van der Waals surface area (Å²) in [6.45, 7) is 20.6. The first-order valence-corrected chi connectivity index (χ1v) is 18.0. The van der Waals surface area contributed by atoms with Gasteiger partial charge in [-0.2, -0.15) is 24.9 Å². The molecule has 5 rings (SSSR count). The summed E-state index contributed by atoms with van der Waals surface area (Å²) in [6, 6.07) is 2.85. The van der Waals surface area contributed by atoms with Crippen molar-refractivity contribution in [3.63, 3.8) is 0 Å². The maximum absolute atomic E-state index is 14.8. The third-order valence-electron chi connectivity index (χ3n) is 8.75. The van der Waals surface area contributed by atoms with Crippen molar-refractivity contribution in [1.82, 2.24) is 4.98 Å². The molecule has 0 amide bonds. The van der Waals surface area contributed by atoms with E-state index in [0.717, 1.165) is 12.1 Å². The van der Waals surface area contributed by atoms with E-state index in [1.54, 1.807) is 0 Å². The second-order valence-corrected chi connectivity index (χ2v) is 16.4. The van der Waals surface area contributed by atoms with Gasteiger partial charge in [0.1, 0.15) is 18.0 Å².